The van der Waals surface area contributed by atoms with E-state index in [4.69, 9.17) is 4.74 Å². The highest BCUT2D eigenvalue weighted by molar-refractivity contribution is 9.10. The number of carbonyl (C=O) groups is 1. The second kappa shape index (κ2) is 5.63. The molecule has 1 unspecified atom stereocenters. The van der Waals surface area contributed by atoms with Crippen molar-refractivity contribution in [2.24, 2.45) is 0 Å². The molecule has 1 amide bonds. The van der Waals surface area contributed by atoms with Gasteiger partial charge in [0.2, 0.25) is 0 Å². The van der Waals surface area contributed by atoms with Gasteiger partial charge in [-0.3, -0.25) is 9.59 Å². The van der Waals surface area contributed by atoms with Crippen molar-refractivity contribution in [3.8, 4) is 5.75 Å². The first kappa shape index (κ1) is 15.5. The number of nitrogens with zero attached hydrogens (tertiary/aromatic N) is 6. The molecule has 0 radical (unpaired) electrons. The molecule has 10 heteroatoms. The maximum Gasteiger partial charge on any atom is 0.279 e. The summed E-state index contributed by atoms with van der Waals surface area (Å²) in [6.07, 6.45) is 4.84. The van der Waals surface area contributed by atoms with Gasteiger partial charge in [0, 0.05) is 19.2 Å². The fourth-order valence-electron chi connectivity index (χ4n) is 3.41. The lowest BCUT2D eigenvalue weighted by Gasteiger charge is -2.31. The van der Waals surface area contributed by atoms with E-state index >= 15 is 0 Å². The maximum absolute atomic E-state index is 12.8. The third-order valence-electron chi connectivity index (χ3n) is 4.66. The van der Waals surface area contributed by atoms with Gasteiger partial charge in [0.15, 0.2) is 6.23 Å². The smallest absolute Gasteiger partial charge is 0.279 e. The maximum atomic E-state index is 12.8. The van der Waals surface area contributed by atoms with Gasteiger partial charge in [-0.15, -0.1) is 5.10 Å². The molecule has 1 saturated heterocycles. The Labute approximate surface area is 155 Å². The molecule has 2 aliphatic heterocycles. The van der Waals surface area contributed by atoms with Crippen LogP contribution in [0.15, 0.2) is 33.8 Å². The number of hydrogen-bond donors (Lipinski definition) is 0. The molecule has 2 aliphatic rings. The van der Waals surface area contributed by atoms with Gasteiger partial charge in [-0.25, -0.2) is 4.68 Å². The number of carbonyl (C=O) groups excluding carboxylic acids is 1. The lowest BCUT2D eigenvalue weighted by atomic mass is 10.1. The van der Waals surface area contributed by atoms with Crippen LogP contribution in [-0.2, 0) is 6.67 Å². The van der Waals surface area contributed by atoms with Crippen molar-refractivity contribution in [2.75, 3.05) is 6.54 Å². The number of hydrogen-bond acceptors (Lipinski definition) is 6. The standard InChI is InChI=1S/C16H13BrN6O3/c17-9-6-18-21(7-9)8-23-16(25)10-5-13-11(4-12(10)19-20-23)15(24)22-3-1-2-14(22)26-13/h4-7,14H,1-3,8H2. The van der Waals surface area contributed by atoms with E-state index in [2.05, 4.69) is 31.3 Å². The van der Waals surface area contributed by atoms with Crippen molar-refractivity contribution in [2.45, 2.75) is 25.7 Å². The molecule has 26 heavy (non-hydrogen) atoms. The number of benzene rings is 1. The molecule has 132 valence electrons. The highest BCUT2D eigenvalue weighted by Gasteiger charge is 2.37. The van der Waals surface area contributed by atoms with Crippen LogP contribution in [0.4, 0.5) is 0 Å². The summed E-state index contributed by atoms with van der Waals surface area (Å²) < 4.78 is 9.54. The molecule has 5 rings (SSSR count). The van der Waals surface area contributed by atoms with Crippen LogP contribution in [0.1, 0.15) is 23.2 Å². The molecule has 4 heterocycles. The number of ether oxygens (including phenoxy) is 1. The van der Waals surface area contributed by atoms with Crippen LogP contribution in [0.2, 0.25) is 0 Å². The van der Waals surface area contributed by atoms with Gasteiger partial charge in [-0.2, -0.15) is 9.78 Å². The van der Waals surface area contributed by atoms with Crippen molar-refractivity contribution in [1.29, 1.82) is 0 Å². The number of amides is 1. The van der Waals surface area contributed by atoms with Gasteiger partial charge in [-0.05, 0) is 34.5 Å². The predicted molar refractivity (Wildman–Crippen MR) is 93.8 cm³/mol. The molecular weight excluding hydrogens is 404 g/mol. The minimum Gasteiger partial charge on any atom is -0.470 e. The van der Waals surface area contributed by atoms with E-state index in [1.54, 1.807) is 34.1 Å². The molecule has 0 spiro atoms. The average molecular weight is 417 g/mol. The molecule has 2 aromatic heterocycles. The van der Waals surface area contributed by atoms with E-state index in [0.717, 1.165) is 17.3 Å². The molecule has 0 aliphatic carbocycles. The predicted octanol–water partition coefficient (Wildman–Crippen LogP) is 1.21. The fraction of sp³-hybridized carbons (Fsp3) is 0.312. The second-order valence-corrected chi connectivity index (χ2v) is 7.23. The van der Waals surface area contributed by atoms with E-state index in [1.807, 2.05) is 0 Å². The number of fused-ring (bicyclic) bond motifs is 3. The summed E-state index contributed by atoms with van der Waals surface area (Å²) >= 11 is 3.31. The van der Waals surface area contributed by atoms with Crippen molar-refractivity contribution < 1.29 is 9.53 Å². The lowest BCUT2D eigenvalue weighted by molar-refractivity contribution is 0.0295. The first-order chi connectivity index (χ1) is 12.6. The zero-order chi connectivity index (χ0) is 17.8. The van der Waals surface area contributed by atoms with Crippen molar-refractivity contribution in [3.63, 3.8) is 0 Å². The van der Waals surface area contributed by atoms with Gasteiger partial charge >= 0.3 is 0 Å². The summed E-state index contributed by atoms with van der Waals surface area (Å²) in [5.41, 5.74) is 0.494. The van der Waals surface area contributed by atoms with E-state index in [9.17, 15) is 9.59 Å². The van der Waals surface area contributed by atoms with Gasteiger partial charge in [0.1, 0.15) is 17.9 Å². The summed E-state index contributed by atoms with van der Waals surface area (Å²) in [6.45, 7) is 0.828. The van der Waals surface area contributed by atoms with E-state index < -0.39 is 0 Å². The Bertz CT molecular complexity index is 1110. The minimum absolute atomic E-state index is 0.0805. The van der Waals surface area contributed by atoms with Crippen LogP contribution >= 0.6 is 15.9 Å². The summed E-state index contributed by atoms with van der Waals surface area (Å²) in [4.78, 5) is 27.1. The summed E-state index contributed by atoms with van der Waals surface area (Å²) in [6, 6.07) is 3.19. The van der Waals surface area contributed by atoms with Crippen LogP contribution in [0.25, 0.3) is 10.9 Å². The van der Waals surface area contributed by atoms with Crippen molar-refractivity contribution in [1.82, 2.24) is 29.7 Å². The molecular formula is C16H13BrN6O3. The fourth-order valence-corrected chi connectivity index (χ4v) is 3.73. The van der Waals surface area contributed by atoms with Gasteiger partial charge < -0.3 is 9.64 Å². The van der Waals surface area contributed by atoms with Crippen LogP contribution in [0.3, 0.4) is 0 Å². The topological polar surface area (TPSA) is 95.1 Å². The van der Waals surface area contributed by atoms with E-state index in [-0.39, 0.29) is 24.4 Å². The average Bonchev–Trinajstić information content (AvgIpc) is 3.26. The highest BCUT2D eigenvalue weighted by atomic mass is 79.9. The Hall–Kier alpha value is -2.75. The molecule has 0 saturated carbocycles. The van der Waals surface area contributed by atoms with Gasteiger partial charge in [-0.1, -0.05) is 5.21 Å². The molecule has 1 atom stereocenters. The van der Waals surface area contributed by atoms with Crippen LogP contribution in [0, 0.1) is 0 Å². The molecule has 3 aromatic rings. The SMILES string of the molecule is O=C1c2cc3nnn(Cn4cc(Br)cn4)c(=O)c3cc2OC2CCCN12. The highest BCUT2D eigenvalue weighted by Crippen LogP contribution is 2.34. The van der Waals surface area contributed by atoms with Crippen LogP contribution in [0.5, 0.6) is 5.75 Å². The zero-order valence-electron chi connectivity index (χ0n) is 13.5. The first-order valence-electron chi connectivity index (χ1n) is 8.17. The molecule has 0 N–H and O–H groups in total. The zero-order valence-corrected chi connectivity index (χ0v) is 15.1. The second-order valence-electron chi connectivity index (χ2n) is 6.31. The monoisotopic (exact) mass is 416 g/mol. The third kappa shape index (κ3) is 2.32. The summed E-state index contributed by atoms with van der Waals surface area (Å²) in [5, 5.41) is 12.6. The van der Waals surface area contributed by atoms with Crippen molar-refractivity contribution in [3.05, 3.63) is 44.9 Å². The molecule has 1 fully saturated rings. The Morgan fingerprint density at radius 1 is 1.31 bits per heavy atom. The van der Waals surface area contributed by atoms with Gasteiger partial charge in [0.05, 0.1) is 21.6 Å². The van der Waals surface area contributed by atoms with Crippen molar-refractivity contribution >= 4 is 32.7 Å². The van der Waals surface area contributed by atoms with Gasteiger partial charge in [0.25, 0.3) is 11.5 Å². The van der Waals surface area contributed by atoms with E-state index in [1.165, 1.54) is 4.68 Å². The number of halogens is 1. The molecule has 1 aromatic carbocycles. The largest absolute Gasteiger partial charge is 0.470 e. The lowest BCUT2D eigenvalue weighted by Crippen LogP contribution is -2.43. The molecule has 0 bridgehead atoms. The first-order valence-corrected chi connectivity index (χ1v) is 8.96. The Morgan fingerprint density at radius 2 is 2.19 bits per heavy atom. The Balaban J connectivity index is 1.60. The summed E-state index contributed by atoms with van der Waals surface area (Å²) in [7, 11) is 0. The number of rotatable bonds is 2. The minimum atomic E-state index is -0.311. The number of aromatic nitrogens is 5. The molecule has 9 nitrogen and oxygen atoms in total. The van der Waals surface area contributed by atoms with Crippen LogP contribution in [-0.4, -0.2) is 48.4 Å². The normalized spacial score (nSPS) is 18.7. The Kier molecular flexibility index (Phi) is 3.36. The summed E-state index contributed by atoms with van der Waals surface area (Å²) in [5.74, 6) is 0.354. The van der Waals surface area contributed by atoms with E-state index in [0.29, 0.717) is 28.8 Å². The quantitative estimate of drug-likeness (QED) is 0.622. The van der Waals surface area contributed by atoms with Crippen LogP contribution < -0.4 is 10.3 Å². The Morgan fingerprint density at radius 3 is 3.00 bits per heavy atom. The third-order valence-corrected chi connectivity index (χ3v) is 5.07.